The quantitative estimate of drug-likeness (QED) is 0.536. The Bertz CT molecular complexity index is 1160. The number of fused-ring (bicyclic) bond motifs is 1. The second-order valence-electron chi connectivity index (χ2n) is 9.39. The second kappa shape index (κ2) is 9.06. The first-order chi connectivity index (χ1) is 16.4. The fraction of sp³-hybridized carbons (Fsp3) is 0.333. The molecule has 2 aromatic carbocycles. The Morgan fingerprint density at radius 2 is 1.76 bits per heavy atom. The number of benzene rings is 2. The molecule has 6 nitrogen and oxygen atoms in total. The summed E-state index contributed by atoms with van der Waals surface area (Å²) in [6.07, 6.45) is -0.392. The number of nitrogens with one attached hydrogen (secondary N) is 2. The van der Waals surface area contributed by atoms with Crippen LogP contribution in [0, 0.1) is 17.7 Å². The van der Waals surface area contributed by atoms with Gasteiger partial charge in [0.15, 0.2) is 5.60 Å². The molecule has 34 heavy (non-hydrogen) atoms. The summed E-state index contributed by atoms with van der Waals surface area (Å²) >= 11 is 0. The first-order valence-electron chi connectivity index (χ1n) is 11.6. The molecular formula is C27H28FN3O3. The number of ether oxygens (including phenoxy) is 2. The topological polar surface area (TPSA) is 72.5 Å². The van der Waals surface area contributed by atoms with Gasteiger partial charge in [0.05, 0.1) is 5.69 Å². The molecule has 7 heteroatoms. The van der Waals surface area contributed by atoms with Crippen LogP contribution in [0.5, 0.6) is 5.88 Å². The van der Waals surface area contributed by atoms with Crippen LogP contribution in [0.2, 0.25) is 0 Å². The van der Waals surface area contributed by atoms with Crippen LogP contribution in [0.4, 0.5) is 9.18 Å². The van der Waals surface area contributed by atoms with Crippen LogP contribution in [0.25, 0.3) is 11.1 Å². The van der Waals surface area contributed by atoms with Crippen LogP contribution >= 0.6 is 0 Å². The van der Waals surface area contributed by atoms with E-state index in [0.717, 1.165) is 29.8 Å². The van der Waals surface area contributed by atoms with Crippen molar-refractivity contribution >= 4 is 6.09 Å². The summed E-state index contributed by atoms with van der Waals surface area (Å²) in [5.41, 5.74) is 2.18. The molecule has 0 radical (unpaired) electrons. The molecule has 5 rings (SSSR count). The van der Waals surface area contributed by atoms with Crippen LogP contribution in [-0.2, 0) is 16.9 Å². The van der Waals surface area contributed by atoms with E-state index in [1.165, 1.54) is 12.1 Å². The maximum absolute atomic E-state index is 13.5. The van der Waals surface area contributed by atoms with E-state index >= 15 is 0 Å². The normalized spacial score (nSPS) is 21.0. The molecule has 2 aliphatic rings. The molecule has 3 aromatic rings. The highest BCUT2D eigenvalue weighted by molar-refractivity contribution is 5.68. The predicted octanol–water partition coefficient (Wildman–Crippen LogP) is 4.65. The Morgan fingerprint density at radius 1 is 1.06 bits per heavy atom. The highest BCUT2D eigenvalue weighted by Gasteiger charge is 2.55. The molecule has 176 valence electrons. The summed E-state index contributed by atoms with van der Waals surface area (Å²) in [6, 6.07) is 19.6. The van der Waals surface area contributed by atoms with Gasteiger partial charge in [-0.05, 0) is 48.7 Å². The van der Waals surface area contributed by atoms with Crippen LogP contribution < -0.4 is 15.4 Å². The summed E-state index contributed by atoms with van der Waals surface area (Å²) in [5.74, 6) is 1.20. The van der Waals surface area contributed by atoms with Gasteiger partial charge in [-0.25, -0.2) is 14.2 Å². The fourth-order valence-electron chi connectivity index (χ4n) is 4.45. The van der Waals surface area contributed by atoms with E-state index in [-0.39, 0.29) is 11.9 Å². The predicted molar refractivity (Wildman–Crippen MR) is 127 cm³/mol. The van der Waals surface area contributed by atoms with Crippen LogP contribution in [0.1, 0.15) is 25.1 Å². The van der Waals surface area contributed by atoms with E-state index in [0.29, 0.717) is 30.0 Å². The lowest BCUT2D eigenvalue weighted by atomic mass is 9.99. The van der Waals surface area contributed by atoms with Crippen molar-refractivity contribution in [2.45, 2.75) is 32.1 Å². The van der Waals surface area contributed by atoms with Crippen molar-refractivity contribution in [2.75, 3.05) is 13.1 Å². The maximum Gasteiger partial charge on any atom is 0.408 e. The number of carbonyl (C=O) groups is 1. The SMILES string of the molecule is CC(C)(OC(=O)NCc1ccccc1)c1cc(-c2ccc(F)cc2)cc(OC2C3CNCC32)n1. The van der Waals surface area contributed by atoms with E-state index in [1.54, 1.807) is 26.0 Å². The number of carbonyl (C=O) groups excluding carboxylic acids is 1. The van der Waals surface area contributed by atoms with Crippen molar-refractivity contribution < 1.29 is 18.7 Å². The van der Waals surface area contributed by atoms with Crippen molar-refractivity contribution in [3.8, 4) is 17.0 Å². The zero-order chi connectivity index (χ0) is 23.7. The molecule has 1 amide bonds. The van der Waals surface area contributed by atoms with Gasteiger partial charge in [-0.3, -0.25) is 0 Å². The van der Waals surface area contributed by atoms with E-state index in [9.17, 15) is 9.18 Å². The molecule has 2 unspecified atom stereocenters. The molecular weight excluding hydrogens is 433 g/mol. The third kappa shape index (κ3) is 4.89. The first kappa shape index (κ1) is 22.3. The largest absolute Gasteiger partial charge is 0.474 e. The van der Waals surface area contributed by atoms with Gasteiger partial charge in [-0.15, -0.1) is 0 Å². The van der Waals surface area contributed by atoms with Crippen molar-refractivity contribution in [2.24, 2.45) is 11.8 Å². The van der Waals surface area contributed by atoms with E-state index in [1.807, 2.05) is 42.5 Å². The first-order valence-corrected chi connectivity index (χ1v) is 11.6. The van der Waals surface area contributed by atoms with Crippen molar-refractivity contribution in [1.29, 1.82) is 0 Å². The van der Waals surface area contributed by atoms with Gasteiger partial charge in [-0.1, -0.05) is 42.5 Å². The summed E-state index contributed by atoms with van der Waals surface area (Å²) in [5, 5.41) is 6.15. The molecule has 1 aromatic heterocycles. The molecule has 0 bridgehead atoms. The smallest absolute Gasteiger partial charge is 0.408 e. The molecule has 1 saturated carbocycles. The van der Waals surface area contributed by atoms with E-state index < -0.39 is 11.7 Å². The Hall–Kier alpha value is -3.45. The lowest BCUT2D eigenvalue weighted by Crippen LogP contribution is -2.33. The number of alkyl carbamates (subject to hydrolysis) is 1. The van der Waals surface area contributed by atoms with Crippen LogP contribution in [0.15, 0.2) is 66.7 Å². The molecule has 2 fully saturated rings. The Morgan fingerprint density at radius 3 is 2.47 bits per heavy atom. The number of aromatic nitrogens is 1. The standard InChI is InChI=1S/C27H28FN3O3/c1-27(2,34-26(32)30-14-17-6-4-3-5-7-17)23-12-19(18-8-10-20(28)11-9-18)13-24(31-23)33-25-21-15-29-16-22(21)25/h3-13,21-22,25,29H,14-16H2,1-2H3,(H,30,32). The average molecular weight is 462 g/mol. The monoisotopic (exact) mass is 461 g/mol. The summed E-state index contributed by atoms with van der Waals surface area (Å²) < 4.78 is 25.5. The Balaban J connectivity index is 1.36. The fourth-order valence-corrected chi connectivity index (χ4v) is 4.45. The molecule has 2 atom stereocenters. The Kier molecular flexibility index (Phi) is 5.96. The number of nitrogens with zero attached hydrogens (tertiary/aromatic N) is 1. The van der Waals surface area contributed by atoms with Crippen molar-refractivity contribution in [3.05, 3.63) is 83.8 Å². The van der Waals surface area contributed by atoms with Crippen LogP contribution in [-0.4, -0.2) is 30.3 Å². The molecule has 1 aliphatic carbocycles. The van der Waals surface area contributed by atoms with Gasteiger partial charge < -0.3 is 20.1 Å². The van der Waals surface area contributed by atoms with Gasteiger partial charge in [0.1, 0.15) is 11.9 Å². The Labute approximate surface area is 198 Å². The number of hydrogen-bond donors (Lipinski definition) is 2. The zero-order valence-electron chi connectivity index (χ0n) is 19.3. The number of rotatable bonds is 7. The zero-order valence-corrected chi connectivity index (χ0v) is 19.3. The molecule has 1 saturated heterocycles. The maximum atomic E-state index is 13.5. The number of halogens is 1. The lowest BCUT2D eigenvalue weighted by molar-refractivity contribution is 0.0324. The lowest BCUT2D eigenvalue weighted by Gasteiger charge is -2.26. The highest BCUT2D eigenvalue weighted by Crippen LogP contribution is 2.45. The average Bonchev–Trinajstić information content (AvgIpc) is 3.23. The van der Waals surface area contributed by atoms with Gasteiger partial charge in [0.2, 0.25) is 5.88 Å². The number of amides is 1. The summed E-state index contributed by atoms with van der Waals surface area (Å²) in [6.45, 7) is 5.87. The van der Waals surface area contributed by atoms with Gasteiger partial charge >= 0.3 is 6.09 Å². The highest BCUT2D eigenvalue weighted by atomic mass is 19.1. The minimum Gasteiger partial charge on any atom is -0.474 e. The number of hydrogen-bond acceptors (Lipinski definition) is 5. The molecule has 1 aliphatic heterocycles. The third-order valence-electron chi connectivity index (χ3n) is 6.49. The van der Waals surface area contributed by atoms with E-state index in [4.69, 9.17) is 14.5 Å². The van der Waals surface area contributed by atoms with Crippen molar-refractivity contribution in [1.82, 2.24) is 15.6 Å². The van der Waals surface area contributed by atoms with Gasteiger partial charge in [-0.2, -0.15) is 0 Å². The third-order valence-corrected chi connectivity index (χ3v) is 6.49. The second-order valence-corrected chi connectivity index (χ2v) is 9.39. The number of pyridine rings is 1. The van der Waals surface area contributed by atoms with Gasteiger partial charge in [0.25, 0.3) is 0 Å². The number of piperidine rings is 1. The van der Waals surface area contributed by atoms with Gasteiger partial charge in [0, 0.05) is 37.5 Å². The molecule has 2 heterocycles. The minimum absolute atomic E-state index is 0.142. The minimum atomic E-state index is -1.02. The summed E-state index contributed by atoms with van der Waals surface area (Å²) in [7, 11) is 0. The van der Waals surface area contributed by atoms with E-state index in [2.05, 4.69) is 10.6 Å². The van der Waals surface area contributed by atoms with Crippen molar-refractivity contribution in [3.63, 3.8) is 0 Å². The summed E-state index contributed by atoms with van der Waals surface area (Å²) in [4.78, 5) is 17.3. The molecule has 0 spiro atoms. The van der Waals surface area contributed by atoms with Crippen LogP contribution in [0.3, 0.4) is 0 Å². The molecule has 2 N–H and O–H groups in total.